The van der Waals surface area contributed by atoms with Crippen LogP contribution in [-0.4, -0.2) is 54.3 Å². The Labute approximate surface area is 140 Å². The third-order valence-electron chi connectivity index (χ3n) is 4.26. The van der Waals surface area contributed by atoms with E-state index < -0.39 is 5.60 Å². The van der Waals surface area contributed by atoms with Gasteiger partial charge in [0, 0.05) is 37.3 Å². The molecule has 1 unspecified atom stereocenters. The van der Waals surface area contributed by atoms with Crippen molar-refractivity contribution in [3.05, 3.63) is 35.8 Å². The summed E-state index contributed by atoms with van der Waals surface area (Å²) in [6.07, 6.45) is 1.93. The number of benzene rings is 1. The number of halogens is 1. The molecule has 1 atom stereocenters. The first kappa shape index (κ1) is 16.9. The van der Waals surface area contributed by atoms with Crippen LogP contribution in [0.3, 0.4) is 0 Å². The number of nitrogens with one attached hydrogen (secondary N) is 1. The second kappa shape index (κ2) is 6.53. The molecule has 3 rings (SSSR count). The highest BCUT2D eigenvalue weighted by Gasteiger charge is 2.35. The smallest absolute Gasteiger partial charge is 0.227 e. The summed E-state index contributed by atoms with van der Waals surface area (Å²) < 4.78 is 24.4. The monoisotopic (exact) mass is 334 g/mol. The van der Waals surface area contributed by atoms with E-state index in [4.69, 9.17) is 9.47 Å². The predicted molar refractivity (Wildman–Crippen MR) is 89.4 cm³/mol. The fraction of sp³-hybridized carbons (Fsp3) is 0.500. The van der Waals surface area contributed by atoms with Crippen LogP contribution in [0.15, 0.2) is 24.4 Å². The van der Waals surface area contributed by atoms with Crippen molar-refractivity contribution in [2.75, 3.05) is 26.8 Å². The van der Waals surface area contributed by atoms with Crippen molar-refractivity contribution in [2.24, 2.45) is 0 Å². The fourth-order valence-corrected chi connectivity index (χ4v) is 3.34. The van der Waals surface area contributed by atoms with Crippen molar-refractivity contribution in [2.45, 2.75) is 32.0 Å². The Bertz CT molecular complexity index is 741. The number of rotatable bonds is 4. The molecule has 1 fully saturated rings. The van der Waals surface area contributed by atoms with Crippen molar-refractivity contribution in [1.29, 1.82) is 0 Å². The molecule has 0 bridgehead atoms. The standard InChI is InChI=1S/C18H23FN2O3/c1-18(2)11-21(9-14(24-18)10-23-3)17(22)6-12-8-20-16-7-13(19)4-5-15(12)16/h4-5,7-8,14,20H,6,9-11H2,1-3H3. The Morgan fingerprint density at radius 3 is 3.04 bits per heavy atom. The molecule has 1 N–H and O–H groups in total. The number of carbonyl (C=O) groups is 1. The zero-order chi connectivity index (χ0) is 17.3. The summed E-state index contributed by atoms with van der Waals surface area (Å²) in [6.45, 7) is 5.48. The zero-order valence-corrected chi connectivity index (χ0v) is 14.3. The van der Waals surface area contributed by atoms with Crippen LogP contribution in [0, 0.1) is 5.82 Å². The predicted octanol–water partition coefficient (Wildman–Crippen LogP) is 2.50. The second-order valence-electron chi connectivity index (χ2n) is 6.91. The van der Waals surface area contributed by atoms with Crippen LogP contribution >= 0.6 is 0 Å². The summed E-state index contributed by atoms with van der Waals surface area (Å²) in [4.78, 5) is 17.6. The number of nitrogens with zero attached hydrogens (tertiary/aromatic N) is 1. The lowest BCUT2D eigenvalue weighted by Crippen LogP contribution is -2.56. The molecule has 130 valence electrons. The highest BCUT2D eigenvalue weighted by Crippen LogP contribution is 2.24. The van der Waals surface area contributed by atoms with Crippen LogP contribution < -0.4 is 0 Å². The quantitative estimate of drug-likeness (QED) is 0.935. The maximum atomic E-state index is 13.3. The maximum absolute atomic E-state index is 13.3. The van der Waals surface area contributed by atoms with Gasteiger partial charge in [0.25, 0.3) is 0 Å². The van der Waals surface area contributed by atoms with Crippen LogP contribution in [0.2, 0.25) is 0 Å². The van der Waals surface area contributed by atoms with E-state index in [1.54, 1.807) is 19.4 Å². The minimum absolute atomic E-state index is 0.0395. The van der Waals surface area contributed by atoms with Crippen molar-refractivity contribution in [1.82, 2.24) is 9.88 Å². The van der Waals surface area contributed by atoms with Gasteiger partial charge in [-0.2, -0.15) is 0 Å². The van der Waals surface area contributed by atoms with Gasteiger partial charge in [-0.3, -0.25) is 4.79 Å². The Hall–Kier alpha value is -1.92. The number of methoxy groups -OCH3 is 1. The van der Waals surface area contributed by atoms with Crippen LogP contribution in [-0.2, 0) is 20.7 Å². The molecule has 0 spiro atoms. The molecule has 2 heterocycles. The molecule has 6 heteroatoms. The molecule has 1 aromatic heterocycles. The third kappa shape index (κ3) is 3.60. The maximum Gasteiger partial charge on any atom is 0.227 e. The molecule has 1 aliphatic rings. The number of amides is 1. The number of fused-ring (bicyclic) bond motifs is 1. The number of morpholine rings is 1. The van der Waals surface area contributed by atoms with Gasteiger partial charge in [0.1, 0.15) is 5.82 Å². The second-order valence-corrected chi connectivity index (χ2v) is 6.91. The lowest BCUT2D eigenvalue weighted by molar-refractivity contribution is -0.168. The average molecular weight is 334 g/mol. The van der Waals surface area contributed by atoms with Gasteiger partial charge in [-0.1, -0.05) is 0 Å². The molecule has 1 amide bonds. The molecule has 0 radical (unpaired) electrons. The number of ether oxygens (including phenoxy) is 2. The van der Waals surface area contributed by atoms with Gasteiger partial charge in [0.05, 0.1) is 24.7 Å². The van der Waals surface area contributed by atoms with Gasteiger partial charge in [-0.05, 0) is 37.6 Å². The van der Waals surface area contributed by atoms with E-state index >= 15 is 0 Å². The Morgan fingerprint density at radius 1 is 1.50 bits per heavy atom. The molecule has 1 saturated heterocycles. The largest absolute Gasteiger partial charge is 0.382 e. The van der Waals surface area contributed by atoms with Crippen molar-refractivity contribution in [3.8, 4) is 0 Å². The van der Waals surface area contributed by atoms with E-state index in [1.165, 1.54) is 12.1 Å². The van der Waals surface area contributed by atoms with Gasteiger partial charge < -0.3 is 19.4 Å². The normalized spacial score (nSPS) is 20.5. The third-order valence-corrected chi connectivity index (χ3v) is 4.26. The Balaban J connectivity index is 1.75. The number of aromatic amines is 1. The topological polar surface area (TPSA) is 54.6 Å². The lowest BCUT2D eigenvalue weighted by atomic mass is 10.0. The number of hydrogen-bond acceptors (Lipinski definition) is 3. The molecule has 24 heavy (non-hydrogen) atoms. The summed E-state index contributed by atoms with van der Waals surface area (Å²) in [6, 6.07) is 4.56. The molecule has 1 aliphatic heterocycles. The zero-order valence-electron chi connectivity index (χ0n) is 14.3. The Kier molecular flexibility index (Phi) is 4.60. The highest BCUT2D eigenvalue weighted by atomic mass is 19.1. The highest BCUT2D eigenvalue weighted by molar-refractivity contribution is 5.89. The van der Waals surface area contributed by atoms with Crippen LogP contribution in [0.1, 0.15) is 19.4 Å². The average Bonchev–Trinajstić information content (AvgIpc) is 2.88. The van der Waals surface area contributed by atoms with Crippen LogP contribution in [0.5, 0.6) is 0 Å². The molecular weight excluding hydrogens is 311 g/mol. The van der Waals surface area contributed by atoms with Crippen LogP contribution in [0.4, 0.5) is 4.39 Å². The molecule has 1 aromatic carbocycles. The van der Waals surface area contributed by atoms with E-state index in [9.17, 15) is 9.18 Å². The molecule has 2 aromatic rings. The van der Waals surface area contributed by atoms with E-state index in [-0.39, 0.29) is 24.2 Å². The minimum Gasteiger partial charge on any atom is -0.382 e. The first-order chi connectivity index (χ1) is 11.4. The first-order valence-electron chi connectivity index (χ1n) is 8.08. The number of carbonyl (C=O) groups excluding carboxylic acids is 1. The van der Waals surface area contributed by atoms with Crippen molar-refractivity contribution < 1.29 is 18.7 Å². The van der Waals surface area contributed by atoms with Gasteiger partial charge in [-0.15, -0.1) is 0 Å². The van der Waals surface area contributed by atoms with E-state index in [1.807, 2.05) is 18.7 Å². The van der Waals surface area contributed by atoms with Gasteiger partial charge in [0.2, 0.25) is 5.91 Å². The molecule has 5 nitrogen and oxygen atoms in total. The van der Waals surface area contributed by atoms with Crippen LogP contribution in [0.25, 0.3) is 10.9 Å². The summed E-state index contributed by atoms with van der Waals surface area (Å²) in [5, 5.41) is 0.880. The molecule has 0 saturated carbocycles. The van der Waals surface area contributed by atoms with Crippen molar-refractivity contribution in [3.63, 3.8) is 0 Å². The van der Waals surface area contributed by atoms with Gasteiger partial charge >= 0.3 is 0 Å². The van der Waals surface area contributed by atoms with Crippen molar-refractivity contribution >= 4 is 16.8 Å². The summed E-state index contributed by atoms with van der Waals surface area (Å²) >= 11 is 0. The van der Waals surface area contributed by atoms with Gasteiger partial charge in [-0.25, -0.2) is 4.39 Å². The van der Waals surface area contributed by atoms with E-state index in [0.717, 1.165) is 10.9 Å². The SMILES string of the molecule is COCC1CN(C(=O)Cc2c[nH]c3cc(F)ccc23)CC(C)(C)O1. The number of aromatic nitrogens is 1. The molecule has 0 aliphatic carbocycles. The Morgan fingerprint density at radius 2 is 2.29 bits per heavy atom. The minimum atomic E-state index is -0.402. The summed E-state index contributed by atoms with van der Waals surface area (Å²) in [5.41, 5.74) is 1.18. The van der Waals surface area contributed by atoms with E-state index in [0.29, 0.717) is 25.2 Å². The fourth-order valence-electron chi connectivity index (χ4n) is 3.34. The number of hydrogen-bond donors (Lipinski definition) is 1. The van der Waals surface area contributed by atoms with Gasteiger partial charge in [0.15, 0.2) is 0 Å². The number of H-pyrrole nitrogens is 1. The first-order valence-corrected chi connectivity index (χ1v) is 8.08. The van der Waals surface area contributed by atoms with E-state index in [2.05, 4.69) is 4.98 Å². The lowest BCUT2D eigenvalue weighted by Gasteiger charge is -2.42. The molecular formula is C18H23FN2O3. The summed E-state index contributed by atoms with van der Waals surface area (Å²) in [7, 11) is 1.63. The summed E-state index contributed by atoms with van der Waals surface area (Å²) in [5.74, 6) is -0.253.